The van der Waals surface area contributed by atoms with Crippen LogP contribution in [0.2, 0.25) is 0 Å². The Morgan fingerprint density at radius 1 is 0.909 bits per heavy atom. The van der Waals surface area contributed by atoms with Gasteiger partial charge in [-0.1, -0.05) is 0 Å². The van der Waals surface area contributed by atoms with Crippen LogP contribution in [0.5, 0.6) is 0 Å². The second-order valence-electron chi connectivity index (χ2n) is 7.18. The first-order chi connectivity index (χ1) is 15.3. The van der Waals surface area contributed by atoms with Gasteiger partial charge in [0, 0.05) is 6.42 Å². The van der Waals surface area contributed by atoms with E-state index in [1.807, 2.05) is 0 Å². The number of thioether (sulfide) groups is 1. The molecule has 0 heterocycles. The number of aliphatic carboxylic acids is 2. The summed E-state index contributed by atoms with van der Waals surface area (Å²) in [6.45, 7) is 1.13. The summed E-state index contributed by atoms with van der Waals surface area (Å²) in [5, 5.41) is 34.6. The van der Waals surface area contributed by atoms with Crippen LogP contribution in [0.1, 0.15) is 32.6 Å². The van der Waals surface area contributed by atoms with E-state index in [4.69, 9.17) is 16.6 Å². The van der Waals surface area contributed by atoms with Crippen LogP contribution >= 0.6 is 11.8 Å². The van der Waals surface area contributed by atoms with Gasteiger partial charge >= 0.3 is 11.9 Å². The van der Waals surface area contributed by atoms with Gasteiger partial charge in [0.15, 0.2) is 0 Å². The van der Waals surface area contributed by atoms with Crippen molar-refractivity contribution in [2.24, 2.45) is 11.5 Å². The molecule has 5 unspecified atom stereocenters. The molecule has 0 fully saturated rings. The average Bonchev–Trinajstić information content (AvgIpc) is 2.71. The van der Waals surface area contributed by atoms with Crippen molar-refractivity contribution in [3.05, 3.63) is 0 Å². The molecule has 10 N–H and O–H groups in total. The standard InChI is InChI=1S/C18H31N5O9S/c1-8(24)14(17(30)21-10(18(31)32)3-4-12(20)25)23-16(29)11(7-13(26)27)22-15(28)9(19)5-6-33-2/h8-11,14,24H,3-7,19H2,1-2H3,(H2,20,25)(H,21,30)(H,22,28)(H,23,29)(H,26,27)(H,31,32). The highest BCUT2D eigenvalue weighted by Crippen LogP contribution is 2.04. The van der Waals surface area contributed by atoms with Crippen LogP contribution in [-0.2, 0) is 28.8 Å². The van der Waals surface area contributed by atoms with Crippen LogP contribution in [0.15, 0.2) is 0 Å². The maximum Gasteiger partial charge on any atom is 0.326 e. The molecule has 0 spiro atoms. The van der Waals surface area contributed by atoms with Gasteiger partial charge in [-0.2, -0.15) is 11.8 Å². The number of aliphatic hydroxyl groups is 1. The molecular formula is C18H31N5O9S. The van der Waals surface area contributed by atoms with Crippen LogP contribution in [0.25, 0.3) is 0 Å². The number of hydrogen-bond acceptors (Lipinski definition) is 9. The lowest BCUT2D eigenvalue weighted by Crippen LogP contribution is -2.60. The summed E-state index contributed by atoms with van der Waals surface area (Å²) >= 11 is 1.44. The molecule has 0 radical (unpaired) electrons. The third-order valence-electron chi connectivity index (χ3n) is 4.34. The summed E-state index contributed by atoms with van der Waals surface area (Å²) in [6.07, 6.45) is -0.957. The van der Waals surface area contributed by atoms with Crippen molar-refractivity contribution in [2.45, 2.75) is 62.9 Å². The number of amides is 4. The molecule has 0 aromatic heterocycles. The SMILES string of the molecule is CSCCC(N)C(=O)NC(CC(=O)O)C(=O)NC(C(=O)NC(CCC(N)=O)C(=O)O)C(C)O. The minimum absolute atomic E-state index is 0.273. The van der Waals surface area contributed by atoms with Gasteiger partial charge in [-0.3, -0.25) is 24.0 Å². The molecular weight excluding hydrogens is 462 g/mol. The zero-order valence-electron chi connectivity index (χ0n) is 18.3. The average molecular weight is 494 g/mol. The molecule has 0 bridgehead atoms. The number of nitrogens with two attached hydrogens (primary N) is 2. The number of primary amides is 1. The molecule has 4 amide bonds. The van der Waals surface area contributed by atoms with E-state index in [9.17, 15) is 39.0 Å². The summed E-state index contributed by atoms with van der Waals surface area (Å²) in [5.41, 5.74) is 10.7. The van der Waals surface area contributed by atoms with E-state index in [0.717, 1.165) is 6.92 Å². The molecule has 0 aromatic rings. The number of carboxylic acid groups (broad SMARTS) is 2. The number of hydrogen-bond donors (Lipinski definition) is 8. The van der Waals surface area contributed by atoms with Crippen molar-refractivity contribution in [3.8, 4) is 0 Å². The molecule has 0 aliphatic heterocycles. The highest BCUT2D eigenvalue weighted by Gasteiger charge is 2.33. The molecule has 14 nitrogen and oxygen atoms in total. The number of rotatable bonds is 16. The van der Waals surface area contributed by atoms with Gasteiger partial charge < -0.3 is 42.7 Å². The quantitative estimate of drug-likeness (QED) is 0.106. The maximum atomic E-state index is 12.6. The van der Waals surface area contributed by atoms with Crippen LogP contribution in [0.3, 0.4) is 0 Å². The van der Waals surface area contributed by atoms with Gasteiger partial charge in [0.05, 0.1) is 18.6 Å². The number of carboxylic acids is 2. The van der Waals surface area contributed by atoms with Crippen LogP contribution in [0, 0.1) is 0 Å². The summed E-state index contributed by atoms with van der Waals surface area (Å²) < 4.78 is 0. The Labute approximate surface area is 194 Å². The summed E-state index contributed by atoms with van der Waals surface area (Å²) in [7, 11) is 0. The van der Waals surface area contributed by atoms with Crippen molar-refractivity contribution < 1.29 is 44.1 Å². The van der Waals surface area contributed by atoms with Crippen molar-refractivity contribution >= 4 is 47.3 Å². The molecule has 0 rings (SSSR count). The molecule has 0 saturated heterocycles. The molecule has 15 heteroatoms. The van der Waals surface area contributed by atoms with Crippen molar-refractivity contribution in [3.63, 3.8) is 0 Å². The monoisotopic (exact) mass is 493 g/mol. The first-order valence-electron chi connectivity index (χ1n) is 9.86. The highest BCUT2D eigenvalue weighted by molar-refractivity contribution is 7.98. The number of nitrogens with one attached hydrogen (secondary N) is 3. The molecule has 5 atom stereocenters. The van der Waals surface area contributed by atoms with Crippen molar-refractivity contribution in [1.82, 2.24) is 16.0 Å². The second kappa shape index (κ2) is 15.0. The number of aliphatic hydroxyl groups excluding tert-OH is 1. The fourth-order valence-electron chi connectivity index (χ4n) is 2.50. The smallest absolute Gasteiger partial charge is 0.326 e. The van der Waals surface area contributed by atoms with E-state index >= 15 is 0 Å². The van der Waals surface area contributed by atoms with Gasteiger partial charge in [-0.15, -0.1) is 0 Å². The Morgan fingerprint density at radius 3 is 1.94 bits per heavy atom. The summed E-state index contributed by atoms with van der Waals surface area (Å²) in [6, 6.07) is -5.84. The minimum Gasteiger partial charge on any atom is -0.481 e. The molecule has 0 aliphatic rings. The van der Waals surface area contributed by atoms with Crippen LogP contribution < -0.4 is 27.4 Å². The zero-order valence-corrected chi connectivity index (χ0v) is 19.1. The number of carbonyl (C=O) groups excluding carboxylic acids is 4. The van der Waals surface area contributed by atoms with E-state index in [0.29, 0.717) is 5.75 Å². The summed E-state index contributed by atoms with van der Waals surface area (Å²) in [5.74, 6) is -6.13. The molecule has 0 saturated carbocycles. The van der Waals surface area contributed by atoms with E-state index in [-0.39, 0.29) is 19.3 Å². The Morgan fingerprint density at radius 2 is 1.48 bits per heavy atom. The normalized spacial score (nSPS) is 15.3. The highest BCUT2D eigenvalue weighted by atomic mass is 32.2. The third kappa shape index (κ3) is 12.1. The van der Waals surface area contributed by atoms with E-state index in [1.165, 1.54) is 11.8 Å². The Bertz CT molecular complexity index is 734. The molecule has 0 aromatic carbocycles. The molecule has 33 heavy (non-hydrogen) atoms. The molecule has 188 valence electrons. The first-order valence-corrected chi connectivity index (χ1v) is 11.3. The van der Waals surface area contributed by atoms with E-state index in [1.54, 1.807) is 6.26 Å². The third-order valence-corrected chi connectivity index (χ3v) is 4.98. The predicted molar refractivity (Wildman–Crippen MR) is 117 cm³/mol. The zero-order chi connectivity index (χ0) is 25.7. The van der Waals surface area contributed by atoms with E-state index < -0.39 is 72.3 Å². The van der Waals surface area contributed by atoms with Crippen molar-refractivity contribution in [2.75, 3.05) is 12.0 Å². The van der Waals surface area contributed by atoms with Gasteiger partial charge in [0.2, 0.25) is 23.6 Å². The van der Waals surface area contributed by atoms with Crippen molar-refractivity contribution in [1.29, 1.82) is 0 Å². The Balaban J connectivity index is 5.39. The fourth-order valence-corrected chi connectivity index (χ4v) is 2.99. The van der Waals surface area contributed by atoms with Crippen LogP contribution in [-0.4, -0.2) is 93.2 Å². The fraction of sp³-hybridized carbons (Fsp3) is 0.667. The molecule has 0 aliphatic carbocycles. The Hall–Kier alpha value is -2.91. The maximum absolute atomic E-state index is 12.6. The second-order valence-corrected chi connectivity index (χ2v) is 8.16. The predicted octanol–water partition coefficient (Wildman–Crippen LogP) is -3.27. The largest absolute Gasteiger partial charge is 0.481 e. The lowest BCUT2D eigenvalue weighted by molar-refractivity contribution is -0.144. The van der Waals surface area contributed by atoms with Crippen LogP contribution in [0.4, 0.5) is 0 Å². The van der Waals surface area contributed by atoms with E-state index in [2.05, 4.69) is 16.0 Å². The summed E-state index contributed by atoms with van der Waals surface area (Å²) in [4.78, 5) is 70.6. The van der Waals surface area contributed by atoms with Gasteiger partial charge in [0.25, 0.3) is 0 Å². The number of carbonyl (C=O) groups is 6. The lowest BCUT2D eigenvalue weighted by Gasteiger charge is -2.26. The van der Waals surface area contributed by atoms with Gasteiger partial charge in [-0.25, -0.2) is 4.79 Å². The van der Waals surface area contributed by atoms with Gasteiger partial charge in [-0.05, 0) is 31.8 Å². The Kier molecular flexibility index (Phi) is 13.7. The topological polar surface area (TPSA) is 251 Å². The van der Waals surface area contributed by atoms with Gasteiger partial charge in [0.1, 0.15) is 18.1 Å². The lowest BCUT2D eigenvalue weighted by atomic mass is 10.1. The minimum atomic E-state index is -1.69. The first kappa shape index (κ1) is 30.1.